The number of hydrogen-bond acceptors (Lipinski definition) is 7. The van der Waals surface area contributed by atoms with Crippen LogP contribution in [-0.2, 0) is 4.79 Å². The van der Waals surface area contributed by atoms with Crippen LogP contribution in [0.1, 0.15) is 12.8 Å². The lowest BCUT2D eigenvalue weighted by Crippen LogP contribution is -2.11. The van der Waals surface area contributed by atoms with E-state index >= 15 is 0 Å². The van der Waals surface area contributed by atoms with Crippen molar-refractivity contribution in [3.8, 4) is 23.0 Å². The second-order valence-electron chi connectivity index (χ2n) is 5.97. The van der Waals surface area contributed by atoms with Crippen molar-refractivity contribution in [1.82, 2.24) is 10.2 Å². The normalized spacial score (nSPS) is 10.6. The molecule has 0 aliphatic heterocycles. The molecule has 2 aromatic carbocycles. The zero-order valence-corrected chi connectivity index (χ0v) is 16.8. The molecule has 1 heterocycles. The van der Waals surface area contributed by atoms with Crippen LogP contribution in [0.25, 0.3) is 11.5 Å². The number of halogens is 1. The SMILES string of the molecule is COc1cc(OC)cc(-c2nnc(NC(=O)CCCSc3ccc(F)cc3)o2)c1. The quantitative estimate of drug-likeness (QED) is 0.408. The Balaban J connectivity index is 1.50. The number of ether oxygens (including phenoxy) is 2. The van der Waals surface area contributed by atoms with Crippen LogP contribution in [0.5, 0.6) is 11.5 Å². The summed E-state index contributed by atoms with van der Waals surface area (Å²) in [7, 11) is 3.10. The summed E-state index contributed by atoms with van der Waals surface area (Å²) < 4.78 is 28.8. The lowest BCUT2D eigenvalue weighted by Gasteiger charge is -2.05. The van der Waals surface area contributed by atoms with E-state index in [9.17, 15) is 9.18 Å². The summed E-state index contributed by atoms with van der Waals surface area (Å²) in [4.78, 5) is 13.0. The molecule has 0 aliphatic rings. The Morgan fingerprint density at radius 1 is 1.10 bits per heavy atom. The van der Waals surface area contributed by atoms with Gasteiger partial charge >= 0.3 is 6.01 Å². The fourth-order valence-electron chi connectivity index (χ4n) is 2.46. The number of methoxy groups -OCH3 is 2. The van der Waals surface area contributed by atoms with Crippen molar-refractivity contribution < 1.29 is 23.1 Å². The van der Waals surface area contributed by atoms with E-state index in [1.807, 2.05) is 0 Å². The Bertz CT molecular complexity index is 940. The van der Waals surface area contributed by atoms with Crippen molar-refractivity contribution in [3.63, 3.8) is 0 Å². The number of aromatic nitrogens is 2. The van der Waals surface area contributed by atoms with Gasteiger partial charge in [0.2, 0.25) is 11.8 Å². The second-order valence-corrected chi connectivity index (χ2v) is 7.14. The molecule has 3 rings (SSSR count). The largest absolute Gasteiger partial charge is 0.497 e. The summed E-state index contributed by atoms with van der Waals surface area (Å²) in [6.07, 6.45) is 0.959. The smallest absolute Gasteiger partial charge is 0.322 e. The number of benzene rings is 2. The number of anilines is 1. The lowest BCUT2D eigenvalue weighted by atomic mass is 10.2. The molecule has 1 amide bonds. The van der Waals surface area contributed by atoms with Crippen LogP contribution in [0.4, 0.5) is 10.4 Å². The van der Waals surface area contributed by atoms with Gasteiger partial charge in [-0.25, -0.2) is 4.39 Å². The van der Waals surface area contributed by atoms with Crippen LogP contribution in [0.2, 0.25) is 0 Å². The van der Waals surface area contributed by atoms with Gasteiger partial charge in [-0.05, 0) is 48.6 Å². The zero-order chi connectivity index (χ0) is 20.6. The zero-order valence-electron chi connectivity index (χ0n) is 16.0. The fourth-order valence-corrected chi connectivity index (χ4v) is 3.31. The summed E-state index contributed by atoms with van der Waals surface area (Å²) in [6, 6.07) is 11.5. The van der Waals surface area contributed by atoms with Crippen LogP contribution < -0.4 is 14.8 Å². The van der Waals surface area contributed by atoms with Gasteiger partial charge in [0.05, 0.1) is 14.2 Å². The Kier molecular flexibility index (Phi) is 7.07. The molecule has 0 radical (unpaired) electrons. The van der Waals surface area contributed by atoms with E-state index in [4.69, 9.17) is 13.9 Å². The van der Waals surface area contributed by atoms with Gasteiger partial charge in [0.25, 0.3) is 0 Å². The molecule has 0 spiro atoms. The van der Waals surface area contributed by atoms with E-state index in [1.165, 1.54) is 12.1 Å². The molecule has 0 unspecified atom stereocenters. The van der Waals surface area contributed by atoms with E-state index in [-0.39, 0.29) is 23.6 Å². The molecule has 0 saturated heterocycles. The van der Waals surface area contributed by atoms with Crippen LogP contribution in [0, 0.1) is 5.82 Å². The van der Waals surface area contributed by atoms with Gasteiger partial charge in [0, 0.05) is 22.9 Å². The molecule has 152 valence electrons. The highest BCUT2D eigenvalue weighted by Gasteiger charge is 2.13. The molecule has 0 bridgehead atoms. The number of nitrogens with one attached hydrogen (secondary N) is 1. The van der Waals surface area contributed by atoms with Crippen molar-refractivity contribution in [3.05, 3.63) is 48.3 Å². The Morgan fingerprint density at radius 2 is 1.79 bits per heavy atom. The minimum absolute atomic E-state index is 0.0259. The molecule has 29 heavy (non-hydrogen) atoms. The van der Waals surface area contributed by atoms with Gasteiger partial charge in [-0.15, -0.1) is 16.9 Å². The maximum atomic E-state index is 12.9. The van der Waals surface area contributed by atoms with Gasteiger partial charge in [-0.3, -0.25) is 10.1 Å². The van der Waals surface area contributed by atoms with Crippen molar-refractivity contribution in [2.75, 3.05) is 25.3 Å². The molecular weight excluding hydrogens is 397 g/mol. The van der Waals surface area contributed by atoms with Crippen LogP contribution in [0.3, 0.4) is 0 Å². The first-order chi connectivity index (χ1) is 14.1. The van der Waals surface area contributed by atoms with E-state index in [0.717, 1.165) is 10.6 Å². The highest BCUT2D eigenvalue weighted by atomic mass is 32.2. The maximum Gasteiger partial charge on any atom is 0.322 e. The van der Waals surface area contributed by atoms with Crippen molar-refractivity contribution in [2.24, 2.45) is 0 Å². The number of hydrogen-bond donors (Lipinski definition) is 1. The minimum Gasteiger partial charge on any atom is -0.497 e. The molecule has 1 N–H and O–H groups in total. The predicted octanol–water partition coefficient (Wildman–Crippen LogP) is 4.40. The summed E-state index contributed by atoms with van der Waals surface area (Å²) in [5, 5.41) is 10.4. The highest BCUT2D eigenvalue weighted by molar-refractivity contribution is 7.99. The van der Waals surface area contributed by atoms with Gasteiger partial charge in [0.15, 0.2) is 0 Å². The molecular formula is C20H20FN3O4S. The summed E-state index contributed by atoms with van der Waals surface area (Å²) in [6.45, 7) is 0. The average molecular weight is 417 g/mol. The summed E-state index contributed by atoms with van der Waals surface area (Å²) >= 11 is 1.56. The topological polar surface area (TPSA) is 86.5 Å². The molecule has 3 aromatic rings. The first kappa shape index (κ1) is 20.7. The molecule has 7 nitrogen and oxygen atoms in total. The number of rotatable bonds is 9. The predicted molar refractivity (Wildman–Crippen MR) is 108 cm³/mol. The summed E-state index contributed by atoms with van der Waals surface area (Å²) in [5.41, 5.74) is 0.616. The highest BCUT2D eigenvalue weighted by Crippen LogP contribution is 2.29. The molecule has 0 saturated carbocycles. The first-order valence-electron chi connectivity index (χ1n) is 8.82. The minimum atomic E-state index is -0.264. The van der Waals surface area contributed by atoms with Crippen LogP contribution >= 0.6 is 11.8 Å². The Labute approximate surface area is 171 Å². The number of nitrogens with zero attached hydrogens (tertiary/aromatic N) is 2. The number of amides is 1. The van der Waals surface area contributed by atoms with E-state index in [0.29, 0.717) is 29.9 Å². The third kappa shape index (κ3) is 5.95. The molecule has 0 aliphatic carbocycles. The molecule has 9 heteroatoms. The van der Waals surface area contributed by atoms with Gasteiger partial charge in [-0.1, -0.05) is 5.10 Å². The first-order valence-corrected chi connectivity index (χ1v) is 9.81. The second kappa shape index (κ2) is 9.92. The standard InChI is InChI=1S/C20H20FN3O4S/c1-26-15-10-13(11-16(12-15)27-2)19-23-24-20(28-19)22-18(25)4-3-9-29-17-7-5-14(21)6-8-17/h5-8,10-12H,3-4,9H2,1-2H3,(H,22,24,25). The molecule has 1 aromatic heterocycles. The summed E-state index contributed by atoms with van der Waals surface area (Å²) in [5.74, 6) is 1.66. The Hall–Kier alpha value is -3.07. The number of thioether (sulfide) groups is 1. The van der Waals surface area contributed by atoms with Gasteiger partial charge in [0.1, 0.15) is 17.3 Å². The van der Waals surface area contributed by atoms with E-state index in [2.05, 4.69) is 15.5 Å². The average Bonchev–Trinajstić information content (AvgIpc) is 3.20. The molecule has 0 atom stereocenters. The van der Waals surface area contributed by atoms with E-state index in [1.54, 1.807) is 56.3 Å². The van der Waals surface area contributed by atoms with Crippen molar-refractivity contribution >= 4 is 23.7 Å². The maximum absolute atomic E-state index is 12.9. The van der Waals surface area contributed by atoms with Gasteiger partial charge < -0.3 is 13.9 Å². The van der Waals surface area contributed by atoms with Crippen LogP contribution in [-0.4, -0.2) is 36.1 Å². The number of carbonyl (C=O) groups is 1. The van der Waals surface area contributed by atoms with Gasteiger partial charge in [-0.2, -0.15) is 0 Å². The monoisotopic (exact) mass is 417 g/mol. The third-order valence-corrected chi connectivity index (χ3v) is 5.00. The lowest BCUT2D eigenvalue weighted by molar-refractivity contribution is -0.116. The van der Waals surface area contributed by atoms with Crippen LogP contribution in [0.15, 0.2) is 51.8 Å². The molecule has 0 fully saturated rings. The number of carbonyl (C=O) groups excluding carboxylic acids is 1. The van der Waals surface area contributed by atoms with Crippen molar-refractivity contribution in [2.45, 2.75) is 17.7 Å². The Morgan fingerprint density at radius 3 is 2.45 bits per heavy atom. The fraction of sp³-hybridized carbons (Fsp3) is 0.250. The van der Waals surface area contributed by atoms with Crippen molar-refractivity contribution in [1.29, 1.82) is 0 Å². The van der Waals surface area contributed by atoms with E-state index < -0.39 is 0 Å². The third-order valence-electron chi connectivity index (χ3n) is 3.90.